The van der Waals surface area contributed by atoms with Crippen molar-refractivity contribution < 1.29 is 9.53 Å². The minimum absolute atomic E-state index is 0.121. The van der Waals surface area contributed by atoms with Crippen molar-refractivity contribution in [2.45, 2.75) is 18.9 Å². The third kappa shape index (κ3) is 2.84. The van der Waals surface area contributed by atoms with Gasteiger partial charge in [0.1, 0.15) is 6.33 Å². The van der Waals surface area contributed by atoms with Crippen LogP contribution in [0, 0.1) is 5.41 Å². The zero-order chi connectivity index (χ0) is 15.7. The number of hydrogen-bond donors (Lipinski definition) is 0. The molecule has 5 nitrogen and oxygen atoms in total. The van der Waals surface area contributed by atoms with E-state index in [-0.39, 0.29) is 17.4 Å². The van der Waals surface area contributed by atoms with Gasteiger partial charge in [-0.15, -0.1) is 0 Å². The van der Waals surface area contributed by atoms with Gasteiger partial charge in [-0.2, -0.15) is 0 Å². The van der Waals surface area contributed by atoms with Gasteiger partial charge in [-0.1, -0.05) is 18.2 Å². The van der Waals surface area contributed by atoms with E-state index in [0.29, 0.717) is 0 Å². The van der Waals surface area contributed by atoms with E-state index >= 15 is 0 Å². The standard InChI is InChI=1S/C18H19N3O2/c22-17(15-4-2-1-3-5-15)21-10-18(11-21)7-16(23-12-18)6-14-8-19-13-20-9-14/h1-5,8-9,13,16H,6-7,10-12H2/t16-/m1/s1. The van der Waals surface area contributed by atoms with Crippen LogP contribution in [0.25, 0.3) is 0 Å². The summed E-state index contributed by atoms with van der Waals surface area (Å²) in [5.41, 5.74) is 2.01. The van der Waals surface area contributed by atoms with Gasteiger partial charge in [0.2, 0.25) is 0 Å². The molecule has 2 saturated heterocycles. The summed E-state index contributed by atoms with van der Waals surface area (Å²) in [5, 5.41) is 0. The molecular formula is C18H19N3O2. The Bertz CT molecular complexity index is 684. The lowest BCUT2D eigenvalue weighted by molar-refractivity contribution is -0.00134. The molecule has 1 aromatic heterocycles. The number of hydrogen-bond acceptors (Lipinski definition) is 4. The highest BCUT2D eigenvalue weighted by atomic mass is 16.5. The Kier molecular flexibility index (Phi) is 3.58. The maximum absolute atomic E-state index is 12.4. The zero-order valence-electron chi connectivity index (χ0n) is 12.9. The molecule has 1 amide bonds. The fraction of sp³-hybridized carbons (Fsp3) is 0.389. The lowest BCUT2D eigenvalue weighted by Gasteiger charge is -2.47. The predicted molar refractivity (Wildman–Crippen MR) is 84.9 cm³/mol. The topological polar surface area (TPSA) is 55.3 Å². The number of aromatic nitrogens is 2. The molecule has 23 heavy (non-hydrogen) atoms. The van der Waals surface area contributed by atoms with Crippen LogP contribution in [0.15, 0.2) is 49.1 Å². The van der Waals surface area contributed by atoms with Gasteiger partial charge in [0.15, 0.2) is 0 Å². The lowest BCUT2D eigenvalue weighted by atomic mass is 9.77. The van der Waals surface area contributed by atoms with Gasteiger partial charge in [-0.25, -0.2) is 9.97 Å². The summed E-state index contributed by atoms with van der Waals surface area (Å²) in [6.07, 6.45) is 7.27. The van der Waals surface area contributed by atoms with Gasteiger partial charge in [0.25, 0.3) is 5.91 Å². The molecule has 0 aliphatic carbocycles. The second kappa shape index (κ2) is 5.74. The summed E-state index contributed by atoms with van der Waals surface area (Å²) in [7, 11) is 0. The number of benzene rings is 1. The highest BCUT2D eigenvalue weighted by molar-refractivity contribution is 5.94. The summed E-state index contributed by atoms with van der Waals surface area (Å²) < 4.78 is 5.95. The Balaban J connectivity index is 1.34. The Labute approximate surface area is 135 Å². The van der Waals surface area contributed by atoms with Crippen molar-refractivity contribution in [2.75, 3.05) is 19.7 Å². The highest BCUT2D eigenvalue weighted by Crippen LogP contribution is 2.42. The quantitative estimate of drug-likeness (QED) is 0.869. The van der Waals surface area contributed by atoms with Crippen LogP contribution in [-0.4, -0.2) is 46.6 Å². The molecule has 0 bridgehead atoms. The molecule has 1 aromatic carbocycles. The third-order valence-corrected chi connectivity index (χ3v) is 4.72. The van der Waals surface area contributed by atoms with Crippen LogP contribution < -0.4 is 0 Å². The van der Waals surface area contributed by atoms with E-state index in [1.54, 1.807) is 6.33 Å². The molecule has 2 aliphatic rings. The van der Waals surface area contributed by atoms with Crippen molar-refractivity contribution in [1.29, 1.82) is 0 Å². The minimum atomic E-state index is 0.121. The van der Waals surface area contributed by atoms with Gasteiger partial charge in [-0.3, -0.25) is 4.79 Å². The van der Waals surface area contributed by atoms with Gasteiger partial charge in [0.05, 0.1) is 12.7 Å². The number of ether oxygens (including phenoxy) is 1. The summed E-state index contributed by atoms with van der Waals surface area (Å²) in [4.78, 5) is 22.4. The molecule has 1 atom stereocenters. The fourth-order valence-electron chi connectivity index (χ4n) is 3.62. The van der Waals surface area contributed by atoms with Crippen LogP contribution in [-0.2, 0) is 11.2 Å². The molecule has 3 heterocycles. The van der Waals surface area contributed by atoms with Crippen LogP contribution in [0.2, 0.25) is 0 Å². The molecule has 118 valence electrons. The first-order valence-electron chi connectivity index (χ1n) is 7.94. The fourth-order valence-corrected chi connectivity index (χ4v) is 3.62. The second-order valence-electron chi connectivity index (χ2n) is 6.62. The van der Waals surface area contributed by atoms with Crippen LogP contribution in [0.5, 0.6) is 0 Å². The smallest absolute Gasteiger partial charge is 0.253 e. The van der Waals surface area contributed by atoms with E-state index < -0.39 is 0 Å². The van der Waals surface area contributed by atoms with Crippen LogP contribution >= 0.6 is 0 Å². The first-order valence-corrected chi connectivity index (χ1v) is 7.94. The number of rotatable bonds is 3. The first-order chi connectivity index (χ1) is 11.2. The molecule has 0 saturated carbocycles. The van der Waals surface area contributed by atoms with E-state index in [1.165, 1.54) is 0 Å². The average molecular weight is 309 g/mol. The van der Waals surface area contributed by atoms with Crippen molar-refractivity contribution in [2.24, 2.45) is 5.41 Å². The Morgan fingerprint density at radius 3 is 2.70 bits per heavy atom. The van der Waals surface area contributed by atoms with Crippen LogP contribution in [0.1, 0.15) is 22.3 Å². The molecule has 5 heteroatoms. The molecule has 2 aliphatic heterocycles. The minimum Gasteiger partial charge on any atom is -0.377 e. The molecule has 4 rings (SSSR count). The number of amides is 1. The Morgan fingerprint density at radius 2 is 1.96 bits per heavy atom. The van der Waals surface area contributed by atoms with E-state index in [9.17, 15) is 4.79 Å². The number of nitrogens with zero attached hydrogens (tertiary/aromatic N) is 3. The molecule has 0 unspecified atom stereocenters. The summed E-state index contributed by atoms with van der Waals surface area (Å²) in [6, 6.07) is 9.48. The summed E-state index contributed by atoms with van der Waals surface area (Å²) in [6.45, 7) is 2.33. The molecule has 1 spiro atoms. The molecule has 0 N–H and O–H groups in total. The van der Waals surface area contributed by atoms with E-state index in [0.717, 1.165) is 43.7 Å². The zero-order valence-corrected chi connectivity index (χ0v) is 12.9. The number of carbonyl (C=O) groups excluding carboxylic acids is 1. The maximum Gasteiger partial charge on any atom is 0.253 e. The first kappa shape index (κ1) is 14.3. The lowest BCUT2D eigenvalue weighted by Crippen LogP contribution is -2.58. The second-order valence-corrected chi connectivity index (χ2v) is 6.62. The molecule has 2 fully saturated rings. The normalized spacial score (nSPS) is 22.1. The van der Waals surface area contributed by atoms with Crippen LogP contribution in [0.4, 0.5) is 0 Å². The summed E-state index contributed by atoms with van der Waals surface area (Å²) in [5.74, 6) is 0.121. The van der Waals surface area contributed by atoms with Crippen LogP contribution in [0.3, 0.4) is 0 Å². The largest absolute Gasteiger partial charge is 0.377 e. The van der Waals surface area contributed by atoms with Crippen molar-refractivity contribution in [3.05, 3.63) is 60.2 Å². The van der Waals surface area contributed by atoms with E-state index in [2.05, 4.69) is 9.97 Å². The monoisotopic (exact) mass is 309 g/mol. The number of likely N-dealkylation sites (tertiary alicyclic amines) is 1. The van der Waals surface area contributed by atoms with Gasteiger partial charge in [0, 0.05) is 42.9 Å². The predicted octanol–water partition coefficient (Wildman–Crippen LogP) is 1.95. The SMILES string of the molecule is O=C(c1ccccc1)N1CC2(CO[C@H](Cc3cncnc3)C2)C1. The average Bonchev–Trinajstić information content (AvgIpc) is 2.99. The summed E-state index contributed by atoms with van der Waals surface area (Å²) >= 11 is 0. The van der Waals surface area contributed by atoms with Gasteiger partial charge < -0.3 is 9.64 Å². The Hall–Kier alpha value is -2.27. The Morgan fingerprint density at radius 1 is 1.22 bits per heavy atom. The van der Waals surface area contributed by atoms with E-state index in [1.807, 2.05) is 47.6 Å². The molecule has 2 aromatic rings. The molecular weight excluding hydrogens is 290 g/mol. The molecule has 0 radical (unpaired) electrons. The van der Waals surface area contributed by atoms with Crippen molar-refractivity contribution in [3.8, 4) is 0 Å². The van der Waals surface area contributed by atoms with Gasteiger partial charge >= 0.3 is 0 Å². The van der Waals surface area contributed by atoms with Crippen molar-refractivity contribution in [3.63, 3.8) is 0 Å². The third-order valence-electron chi connectivity index (χ3n) is 4.72. The maximum atomic E-state index is 12.4. The van der Waals surface area contributed by atoms with Gasteiger partial charge in [-0.05, 0) is 24.1 Å². The highest BCUT2D eigenvalue weighted by Gasteiger charge is 2.50. The van der Waals surface area contributed by atoms with E-state index in [4.69, 9.17) is 4.74 Å². The number of carbonyl (C=O) groups is 1. The van der Waals surface area contributed by atoms with Crippen molar-refractivity contribution >= 4 is 5.91 Å². The van der Waals surface area contributed by atoms with Crippen molar-refractivity contribution in [1.82, 2.24) is 14.9 Å².